The fraction of sp³-hybridized carbons (Fsp3) is 0.333. The maximum Gasteiger partial charge on any atom is 0.573 e. The number of nitrogens with zero attached hydrogens (tertiary/aromatic N) is 1. The van der Waals surface area contributed by atoms with Crippen molar-refractivity contribution in [3.05, 3.63) is 60.2 Å². The van der Waals surface area contributed by atoms with Gasteiger partial charge in [-0.1, -0.05) is 24.3 Å². The van der Waals surface area contributed by atoms with E-state index in [1.807, 2.05) is 24.3 Å². The molecule has 3 rings (SSSR count). The molecule has 0 amide bonds. The van der Waals surface area contributed by atoms with Gasteiger partial charge in [-0.3, -0.25) is 0 Å². The molecular weight excluding hydrogens is 371 g/mol. The van der Waals surface area contributed by atoms with Crippen LogP contribution in [0.25, 0.3) is 6.08 Å². The molecule has 150 valence electrons. The summed E-state index contributed by atoms with van der Waals surface area (Å²) < 4.78 is 46.1. The van der Waals surface area contributed by atoms with Crippen LogP contribution in [0.15, 0.2) is 54.6 Å². The van der Waals surface area contributed by atoms with Crippen molar-refractivity contribution in [2.75, 3.05) is 24.6 Å². The maximum absolute atomic E-state index is 12.1. The first-order valence-electron chi connectivity index (χ1n) is 9.07. The van der Waals surface area contributed by atoms with Gasteiger partial charge in [-0.25, -0.2) is 0 Å². The van der Waals surface area contributed by atoms with Crippen LogP contribution in [0.2, 0.25) is 0 Å². The minimum atomic E-state index is -4.68. The van der Waals surface area contributed by atoms with Gasteiger partial charge in [0.05, 0.1) is 12.7 Å². The van der Waals surface area contributed by atoms with Gasteiger partial charge < -0.3 is 19.5 Å². The molecule has 0 saturated carbocycles. The Morgan fingerprint density at radius 1 is 1.00 bits per heavy atom. The minimum Gasteiger partial charge on any atom is -0.508 e. The second-order valence-corrected chi connectivity index (χ2v) is 6.56. The van der Waals surface area contributed by atoms with Gasteiger partial charge in [-0.05, 0) is 54.8 Å². The average Bonchev–Trinajstić information content (AvgIpc) is 2.66. The Bertz CT molecular complexity index is 765. The Hall–Kier alpha value is -2.67. The molecule has 7 heteroatoms. The number of hydrogen-bond acceptors (Lipinski definition) is 4. The van der Waals surface area contributed by atoms with Gasteiger partial charge in [-0.15, -0.1) is 13.2 Å². The molecule has 1 heterocycles. The van der Waals surface area contributed by atoms with E-state index in [1.165, 1.54) is 12.1 Å². The first-order chi connectivity index (χ1) is 13.4. The van der Waals surface area contributed by atoms with E-state index in [9.17, 15) is 18.3 Å². The van der Waals surface area contributed by atoms with Crippen LogP contribution < -0.4 is 9.64 Å². The summed E-state index contributed by atoms with van der Waals surface area (Å²) in [6, 6.07) is 12.9. The molecule has 4 nitrogen and oxygen atoms in total. The zero-order valence-electron chi connectivity index (χ0n) is 15.2. The van der Waals surface area contributed by atoms with E-state index in [0.29, 0.717) is 6.61 Å². The molecule has 1 aliphatic rings. The first kappa shape index (κ1) is 20.1. The Labute approximate surface area is 161 Å². The summed E-state index contributed by atoms with van der Waals surface area (Å²) in [4.78, 5) is 2.26. The van der Waals surface area contributed by atoms with Crippen LogP contribution >= 0.6 is 0 Å². The monoisotopic (exact) mass is 393 g/mol. The predicted molar refractivity (Wildman–Crippen MR) is 101 cm³/mol. The van der Waals surface area contributed by atoms with E-state index in [-0.39, 0.29) is 17.6 Å². The number of aromatic hydroxyl groups is 1. The summed E-state index contributed by atoms with van der Waals surface area (Å²) in [6.45, 7) is 2.23. The van der Waals surface area contributed by atoms with Crippen molar-refractivity contribution in [3.8, 4) is 11.5 Å². The van der Waals surface area contributed by atoms with Gasteiger partial charge >= 0.3 is 6.36 Å². The summed E-state index contributed by atoms with van der Waals surface area (Å²) in [5.74, 6) is 0.0255. The lowest BCUT2D eigenvalue weighted by atomic mass is 10.1. The number of hydrogen-bond donors (Lipinski definition) is 1. The molecule has 28 heavy (non-hydrogen) atoms. The second-order valence-electron chi connectivity index (χ2n) is 6.56. The first-order valence-corrected chi connectivity index (χ1v) is 9.07. The van der Waals surface area contributed by atoms with E-state index < -0.39 is 6.36 Å². The standard InChI is InChI=1S/C21H22F3NO3/c22-21(23,24)28-20-9-3-16(4-10-20)2-1-15-27-19-11-13-25(14-12-19)17-5-7-18(26)8-6-17/h1-10,19,26H,11-15H2/b2-1+. The summed E-state index contributed by atoms with van der Waals surface area (Å²) in [5.41, 5.74) is 1.87. The zero-order valence-corrected chi connectivity index (χ0v) is 15.2. The highest BCUT2D eigenvalue weighted by Gasteiger charge is 2.30. The fourth-order valence-corrected chi connectivity index (χ4v) is 3.10. The minimum absolute atomic E-state index is 0.181. The quantitative estimate of drug-likeness (QED) is 0.751. The number of halogens is 3. The number of phenols is 1. The molecule has 0 spiro atoms. The summed E-state index contributed by atoms with van der Waals surface area (Å²) >= 11 is 0. The molecule has 1 N–H and O–H groups in total. The SMILES string of the molecule is Oc1ccc(N2CCC(OC/C=C/c3ccc(OC(F)(F)F)cc3)CC2)cc1. The van der Waals surface area contributed by atoms with Crippen molar-refractivity contribution >= 4 is 11.8 Å². The molecule has 2 aromatic carbocycles. The maximum atomic E-state index is 12.1. The van der Waals surface area contributed by atoms with E-state index in [2.05, 4.69) is 9.64 Å². The number of alkyl halides is 3. The number of benzene rings is 2. The third-order valence-corrected chi connectivity index (χ3v) is 4.51. The van der Waals surface area contributed by atoms with Crippen LogP contribution in [-0.4, -0.2) is 37.3 Å². The highest BCUT2D eigenvalue weighted by atomic mass is 19.4. The molecule has 1 aliphatic heterocycles. The van der Waals surface area contributed by atoms with Crippen LogP contribution in [0.1, 0.15) is 18.4 Å². The van der Waals surface area contributed by atoms with Gasteiger partial charge in [0.1, 0.15) is 11.5 Å². The molecule has 0 aliphatic carbocycles. The summed E-state index contributed by atoms with van der Waals surface area (Å²) in [5, 5.41) is 9.36. The van der Waals surface area contributed by atoms with Gasteiger partial charge in [0, 0.05) is 18.8 Å². The molecule has 0 atom stereocenters. The van der Waals surface area contributed by atoms with Gasteiger partial charge in [-0.2, -0.15) is 0 Å². The highest BCUT2D eigenvalue weighted by molar-refractivity contribution is 5.51. The third kappa shape index (κ3) is 6.20. The molecular formula is C21H22F3NO3. The molecule has 1 saturated heterocycles. The van der Waals surface area contributed by atoms with Gasteiger partial charge in [0.25, 0.3) is 0 Å². The van der Waals surface area contributed by atoms with Crippen LogP contribution in [-0.2, 0) is 4.74 Å². The average molecular weight is 393 g/mol. The number of piperidine rings is 1. The Morgan fingerprint density at radius 2 is 1.64 bits per heavy atom. The van der Waals surface area contributed by atoms with Crippen LogP contribution in [0.4, 0.5) is 18.9 Å². The van der Waals surface area contributed by atoms with E-state index in [0.717, 1.165) is 37.2 Å². The van der Waals surface area contributed by atoms with Crippen molar-refractivity contribution in [2.24, 2.45) is 0 Å². The molecule has 0 unspecified atom stereocenters. The summed E-state index contributed by atoms with van der Waals surface area (Å²) in [7, 11) is 0. The lowest BCUT2D eigenvalue weighted by molar-refractivity contribution is -0.274. The van der Waals surface area contributed by atoms with Gasteiger partial charge in [0.2, 0.25) is 0 Å². The van der Waals surface area contributed by atoms with Crippen molar-refractivity contribution in [3.63, 3.8) is 0 Å². The molecule has 2 aromatic rings. The lowest BCUT2D eigenvalue weighted by Crippen LogP contribution is -2.37. The molecule has 1 fully saturated rings. The number of phenolic OH excluding ortho intramolecular Hbond substituents is 1. The van der Waals surface area contributed by atoms with Crippen LogP contribution in [0.5, 0.6) is 11.5 Å². The number of anilines is 1. The highest BCUT2D eigenvalue weighted by Crippen LogP contribution is 2.24. The lowest BCUT2D eigenvalue weighted by Gasteiger charge is -2.33. The normalized spacial score (nSPS) is 15.9. The largest absolute Gasteiger partial charge is 0.573 e. The summed E-state index contributed by atoms with van der Waals surface area (Å²) in [6.07, 6.45) is 0.995. The molecule has 0 aromatic heterocycles. The zero-order chi connectivity index (χ0) is 20.0. The van der Waals surface area contributed by atoms with Crippen molar-refractivity contribution < 1.29 is 27.8 Å². The Balaban J connectivity index is 1.39. The van der Waals surface area contributed by atoms with E-state index in [4.69, 9.17) is 4.74 Å². The Morgan fingerprint density at radius 3 is 2.25 bits per heavy atom. The molecule has 0 bridgehead atoms. The predicted octanol–water partition coefficient (Wildman–Crippen LogP) is 4.99. The van der Waals surface area contributed by atoms with Crippen LogP contribution in [0, 0.1) is 0 Å². The van der Waals surface area contributed by atoms with Crippen molar-refractivity contribution in [1.82, 2.24) is 0 Å². The van der Waals surface area contributed by atoms with E-state index >= 15 is 0 Å². The van der Waals surface area contributed by atoms with Gasteiger partial charge in [0.15, 0.2) is 0 Å². The van der Waals surface area contributed by atoms with E-state index in [1.54, 1.807) is 24.3 Å². The third-order valence-electron chi connectivity index (χ3n) is 4.51. The van der Waals surface area contributed by atoms with Crippen molar-refractivity contribution in [1.29, 1.82) is 0 Å². The topological polar surface area (TPSA) is 41.9 Å². The van der Waals surface area contributed by atoms with Crippen molar-refractivity contribution in [2.45, 2.75) is 25.3 Å². The molecule has 0 radical (unpaired) electrons. The second kappa shape index (κ2) is 9.01. The fourth-order valence-electron chi connectivity index (χ4n) is 3.10. The Kier molecular flexibility index (Phi) is 6.46. The smallest absolute Gasteiger partial charge is 0.508 e. The number of rotatable bonds is 6. The van der Waals surface area contributed by atoms with Crippen LogP contribution in [0.3, 0.4) is 0 Å². The number of ether oxygens (including phenoxy) is 2.